The highest BCUT2D eigenvalue weighted by Gasteiger charge is 2.40. The monoisotopic (exact) mass is 382 g/mol. The van der Waals surface area contributed by atoms with E-state index in [0.717, 1.165) is 18.4 Å². The maximum absolute atomic E-state index is 12.9. The van der Waals surface area contributed by atoms with E-state index in [4.69, 9.17) is 5.73 Å². The van der Waals surface area contributed by atoms with Crippen molar-refractivity contribution >= 4 is 11.8 Å². The SMILES string of the molecule is Cc1ccc([C@@H]2CN(C(=O)c3cn(CCN)nn3)C[C@H]2NC(=O)C2CC2)cc1. The van der Waals surface area contributed by atoms with Gasteiger partial charge in [-0.15, -0.1) is 5.10 Å². The number of rotatable bonds is 6. The summed E-state index contributed by atoms with van der Waals surface area (Å²) in [6, 6.07) is 8.21. The van der Waals surface area contributed by atoms with Crippen LogP contribution < -0.4 is 11.1 Å². The van der Waals surface area contributed by atoms with Crippen molar-refractivity contribution in [1.82, 2.24) is 25.2 Å². The Morgan fingerprint density at radius 1 is 1.21 bits per heavy atom. The van der Waals surface area contributed by atoms with Crippen LogP contribution in [0.2, 0.25) is 0 Å². The molecule has 2 heterocycles. The number of nitrogens with zero attached hydrogens (tertiary/aromatic N) is 4. The Bertz CT molecular complexity index is 858. The summed E-state index contributed by atoms with van der Waals surface area (Å²) in [5.41, 5.74) is 8.16. The topological polar surface area (TPSA) is 106 Å². The van der Waals surface area contributed by atoms with Gasteiger partial charge in [-0.3, -0.25) is 14.3 Å². The van der Waals surface area contributed by atoms with E-state index in [0.29, 0.717) is 31.9 Å². The van der Waals surface area contributed by atoms with E-state index in [2.05, 4.69) is 39.9 Å². The molecule has 1 aliphatic carbocycles. The van der Waals surface area contributed by atoms with E-state index in [-0.39, 0.29) is 29.7 Å². The Balaban J connectivity index is 1.52. The summed E-state index contributed by atoms with van der Waals surface area (Å²) in [6.45, 7) is 4.02. The smallest absolute Gasteiger partial charge is 0.276 e. The van der Waals surface area contributed by atoms with Crippen LogP contribution in [0.3, 0.4) is 0 Å². The molecule has 28 heavy (non-hydrogen) atoms. The van der Waals surface area contributed by atoms with E-state index in [1.807, 2.05) is 6.92 Å². The standard InChI is InChI=1S/C20H26N6O2/c1-13-2-4-14(5-3-13)16-10-25(11-17(16)22-19(27)15-6-7-15)20(28)18-12-26(9-8-21)24-23-18/h2-5,12,15-17H,6-11,21H2,1H3,(H,22,27)/t16-,17+/m0/s1. The molecule has 8 nitrogen and oxygen atoms in total. The van der Waals surface area contributed by atoms with Gasteiger partial charge in [0.25, 0.3) is 5.91 Å². The summed E-state index contributed by atoms with van der Waals surface area (Å²) < 4.78 is 1.58. The number of carbonyl (C=O) groups excluding carboxylic acids is 2. The van der Waals surface area contributed by atoms with E-state index >= 15 is 0 Å². The van der Waals surface area contributed by atoms with Gasteiger partial charge in [-0.1, -0.05) is 35.0 Å². The lowest BCUT2D eigenvalue weighted by Gasteiger charge is -2.20. The number of hydrogen-bond donors (Lipinski definition) is 2. The van der Waals surface area contributed by atoms with Crippen LogP contribution in [0.5, 0.6) is 0 Å². The maximum atomic E-state index is 12.9. The van der Waals surface area contributed by atoms with Crippen molar-refractivity contribution in [1.29, 1.82) is 0 Å². The van der Waals surface area contributed by atoms with Crippen molar-refractivity contribution in [2.45, 2.75) is 38.3 Å². The van der Waals surface area contributed by atoms with Crippen molar-refractivity contribution in [2.24, 2.45) is 11.7 Å². The van der Waals surface area contributed by atoms with E-state index in [9.17, 15) is 9.59 Å². The molecule has 2 fully saturated rings. The van der Waals surface area contributed by atoms with E-state index in [1.165, 1.54) is 5.56 Å². The van der Waals surface area contributed by atoms with Crippen molar-refractivity contribution in [3.05, 3.63) is 47.3 Å². The first-order chi connectivity index (χ1) is 13.5. The fourth-order valence-corrected chi connectivity index (χ4v) is 3.71. The zero-order valence-corrected chi connectivity index (χ0v) is 16.0. The van der Waals surface area contributed by atoms with Gasteiger partial charge in [0.2, 0.25) is 5.91 Å². The Kier molecular flexibility index (Phi) is 5.13. The highest BCUT2D eigenvalue weighted by molar-refractivity contribution is 5.92. The van der Waals surface area contributed by atoms with Crippen LogP contribution in [0, 0.1) is 12.8 Å². The Hall–Kier alpha value is -2.74. The summed E-state index contributed by atoms with van der Waals surface area (Å²) in [7, 11) is 0. The van der Waals surface area contributed by atoms with Crippen LogP contribution in [0.1, 0.15) is 40.4 Å². The van der Waals surface area contributed by atoms with Gasteiger partial charge < -0.3 is 16.0 Å². The second-order valence-electron chi connectivity index (χ2n) is 7.77. The first-order valence-corrected chi connectivity index (χ1v) is 9.81. The van der Waals surface area contributed by atoms with Crippen LogP contribution in [-0.2, 0) is 11.3 Å². The molecule has 1 aromatic carbocycles. The molecule has 1 saturated carbocycles. The third kappa shape index (κ3) is 3.91. The molecule has 1 saturated heterocycles. The number of amides is 2. The van der Waals surface area contributed by atoms with Gasteiger partial charge in [0.15, 0.2) is 5.69 Å². The van der Waals surface area contributed by atoms with Gasteiger partial charge in [-0.2, -0.15) is 0 Å². The van der Waals surface area contributed by atoms with Crippen LogP contribution >= 0.6 is 0 Å². The van der Waals surface area contributed by atoms with Gasteiger partial charge >= 0.3 is 0 Å². The highest BCUT2D eigenvalue weighted by atomic mass is 16.2. The van der Waals surface area contributed by atoms with Gasteiger partial charge in [0.05, 0.1) is 18.8 Å². The van der Waals surface area contributed by atoms with Crippen LogP contribution in [0.25, 0.3) is 0 Å². The second kappa shape index (κ2) is 7.71. The summed E-state index contributed by atoms with van der Waals surface area (Å²) in [5.74, 6) is 0.139. The van der Waals surface area contributed by atoms with Gasteiger partial charge in [-0.05, 0) is 25.3 Å². The summed E-state index contributed by atoms with van der Waals surface area (Å²) in [4.78, 5) is 27.1. The minimum atomic E-state index is -0.163. The fourth-order valence-electron chi connectivity index (χ4n) is 3.71. The van der Waals surface area contributed by atoms with Gasteiger partial charge in [0.1, 0.15) is 0 Å². The third-order valence-electron chi connectivity index (χ3n) is 5.50. The van der Waals surface area contributed by atoms with Crippen LogP contribution in [0.4, 0.5) is 0 Å². The van der Waals surface area contributed by atoms with Crippen molar-refractivity contribution < 1.29 is 9.59 Å². The average molecular weight is 382 g/mol. The van der Waals surface area contributed by atoms with Crippen molar-refractivity contribution in [3.8, 4) is 0 Å². The minimum absolute atomic E-state index is 0.0614. The molecule has 2 amide bonds. The van der Waals surface area contributed by atoms with Gasteiger partial charge in [-0.25, -0.2) is 0 Å². The number of carbonyl (C=O) groups is 2. The number of aromatic nitrogens is 3. The predicted octanol–water partition coefficient (Wildman–Crippen LogP) is 0.680. The lowest BCUT2D eigenvalue weighted by atomic mass is 9.93. The lowest BCUT2D eigenvalue weighted by molar-refractivity contribution is -0.123. The fraction of sp³-hybridized carbons (Fsp3) is 0.500. The number of nitrogens with two attached hydrogens (primary N) is 1. The number of benzene rings is 1. The molecule has 0 spiro atoms. The second-order valence-corrected chi connectivity index (χ2v) is 7.77. The molecule has 8 heteroatoms. The molecule has 2 aromatic rings. The summed E-state index contributed by atoms with van der Waals surface area (Å²) in [6.07, 6.45) is 3.55. The molecule has 3 N–H and O–H groups in total. The maximum Gasteiger partial charge on any atom is 0.276 e. The quantitative estimate of drug-likeness (QED) is 0.764. The normalized spacial score (nSPS) is 21.7. The molecule has 0 bridgehead atoms. The zero-order chi connectivity index (χ0) is 19.7. The van der Waals surface area contributed by atoms with E-state index < -0.39 is 0 Å². The number of nitrogens with one attached hydrogen (secondary N) is 1. The summed E-state index contributed by atoms with van der Waals surface area (Å²) >= 11 is 0. The first-order valence-electron chi connectivity index (χ1n) is 9.81. The number of hydrogen-bond acceptors (Lipinski definition) is 5. The first kappa shape index (κ1) is 18.6. The Morgan fingerprint density at radius 2 is 1.96 bits per heavy atom. The molecule has 0 radical (unpaired) electrons. The molecule has 0 unspecified atom stereocenters. The molecule has 1 aromatic heterocycles. The largest absolute Gasteiger partial charge is 0.351 e. The minimum Gasteiger partial charge on any atom is -0.351 e. The molecule has 2 aliphatic rings. The van der Waals surface area contributed by atoms with Crippen LogP contribution in [0.15, 0.2) is 30.5 Å². The average Bonchev–Trinajstić information content (AvgIpc) is 3.31. The lowest BCUT2D eigenvalue weighted by Crippen LogP contribution is -2.41. The van der Waals surface area contributed by atoms with E-state index in [1.54, 1.807) is 15.8 Å². The molecule has 1 aliphatic heterocycles. The summed E-state index contributed by atoms with van der Waals surface area (Å²) in [5, 5.41) is 11.1. The third-order valence-corrected chi connectivity index (χ3v) is 5.50. The molecular weight excluding hydrogens is 356 g/mol. The Morgan fingerprint density at radius 3 is 2.64 bits per heavy atom. The molecule has 148 valence electrons. The molecule has 4 rings (SSSR count). The predicted molar refractivity (Wildman–Crippen MR) is 104 cm³/mol. The molecular formula is C20H26N6O2. The molecule has 2 atom stereocenters. The van der Waals surface area contributed by atoms with Crippen molar-refractivity contribution in [3.63, 3.8) is 0 Å². The van der Waals surface area contributed by atoms with Gasteiger partial charge in [0, 0.05) is 31.5 Å². The highest BCUT2D eigenvalue weighted by Crippen LogP contribution is 2.32. The zero-order valence-electron chi connectivity index (χ0n) is 16.0. The van der Waals surface area contributed by atoms with Crippen molar-refractivity contribution in [2.75, 3.05) is 19.6 Å². The Labute approximate surface area is 164 Å². The van der Waals surface area contributed by atoms with Crippen LogP contribution in [-0.4, -0.2) is 57.4 Å². The number of likely N-dealkylation sites (tertiary alicyclic amines) is 1. The number of aryl methyl sites for hydroxylation is 1.